The standard InChI is InChI=1S/C52H28N6/c53-29-33-12-16-37(17-13-33)39-20-22-48-44(27-39)42-8-1-3-10-46(42)57(48)50-25-36(32-56)26-51(52(50)41-7-5-6-35(24-41)31-55)58-47-11-4-2-9-43(47)45-28-40(21-23-49(45)58)38-18-14-34(30-54)15-19-38/h1-28H. The van der Waals surface area contributed by atoms with Crippen LogP contribution in [0.4, 0.5) is 0 Å². The lowest BCUT2D eigenvalue weighted by atomic mass is 9.96. The van der Waals surface area contributed by atoms with Crippen LogP contribution in [0.25, 0.3) is 88.4 Å². The summed E-state index contributed by atoms with van der Waals surface area (Å²) in [5.41, 5.74) is 13.5. The summed E-state index contributed by atoms with van der Waals surface area (Å²) in [5.74, 6) is 0. The first-order chi connectivity index (χ1) is 28.6. The van der Waals surface area contributed by atoms with Gasteiger partial charge in [0.05, 0.1) is 80.0 Å². The average Bonchev–Trinajstić information content (AvgIpc) is 3.80. The molecule has 6 nitrogen and oxygen atoms in total. The number of nitrogens with zero attached hydrogens (tertiary/aromatic N) is 6. The Labute approximate surface area is 333 Å². The van der Waals surface area contributed by atoms with E-state index in [1.807, 2.05) is 109 Å². The van der Waals surface area contributed by atoms with Gasteiger partial charge in [0.15, 0.2) is 0 Å². The molecular weight excluding hydrogens is 709 g/mol. The number of rotatable bonds is 5. The van der Waals surface area contributed by atoms with Crippen molar-refractivity contribution < 1.29 is 0 Å². The number of para-hydroxylation sites is 2. The molecule has 2 aromatic heterocycles. The molecule has 0 atom stereocenters. The summed E-state index contributed by atoms with van der Waals surface area (Å²) in [7, 11) is 0. The molecule has 0 aliphatic rings. The molecule has 0 saturated heterocycles. The highest BCUT2D eigenvalue weighted by Gasteiger charge is 2.24. The van der Waals surface area contributed by atoms with Gasteiger partial charge in [0.25, 0.3) is 0 Å². The Kier molecular flexibility index (Phi) is 7.92. The van der Waals surface area contributed by atoms with Crippen molar-refractivity contribution in [3.05, 3.63) is 192 Å². The zero-order valence-electron chi connectivity index (χ0n) is 30.8. The number of fused-ring (bicyclic) bond motifs is 6. The average molecular weight is 737 g/mol. The first kappa shape index (κ1) is 33.9. The van der Waals surface area contributed by atoms with E-state index in [4.69, 9.17) is 0 Å². The molecule has 0 saturated carbocycles. The van der Waals surface area contributed by atoms with Gasteiger partial charge in [-0.15, -0.1) is 0 Å². The van der Waals surface area contributed by atoms with Crippen molar-refractivity contribution in [1.29, 1.82) is 21.0 Å². The zero-order chi connectivity index (χ0) is 39.3. The maximum atomic E-state index is 10.7. The molecule has 0 aliphatic carbocycles. The molecule has 0 N–H and O–H groups in total. The van der Waals surface area contributed by atoms with Crippen LogP contribution in [0.15, 0.2) is 170 Å². The number of aromatic nitrogens is 2. The molecule has 266 valence electrons. The molecule has 0 radical (unpaired) electrons. The van der Waals surface area contributed by atoms with Crippen molar-refractivity contribution in [3.63, 3.8) is 0 Å². The second-order valence-corrected chi connectivity index (χ2v) is 14.2. The van der Waals surface area contributed by atoms with E-state index in [0.717, 1.165) is 88.4 Å². The zero-order valence-corrected chi connectivity index (χ0v) is 30.8. The first-order valence-electron chi connectivity index (χ1n) is 18.7. The second-order valence-electron chi connectivity index (χ2n) is 14.2. The number of hydrogen-bond acceptors (Lipinski definition) is 4. The molecule has 0 aliphatic heterocycles. The van der Waals surface area contributed by atoms with Gasteiger partial charge in [-0.25, -0.2) is 0 Å². The molecule has 6 heteroatoms. The fourth-order valence-electron chi connectivity index (χ4n) is 8.37. The van der Waals surface area contributed by atoms with Crippen LogP contribution in [0.5, 0.6) is 0 Å². The Bertz CT molecular complexity index is 3290. The van der Waals surface area contributed by atoms with Gasteiger partial charge in [-0.1, -0.05) is 84.9 Å². The lowest BCUT2D eigenvalue weighted by molar-refractivity contribution is 1.13. The predicted octanol–water partition coefficient (Wildman–Crippen LogP) is 12.4. The Morgan fingerprint density at radius 3 is 1.19 bits per heavy atom. The van der Waals surface area contributed by atoms with Crippen LogP contribution in [0.3, 0.4) is 0 Å². The van der Waals surface area contributed by atoms with Crippen LogP contribution in [0.2, 0.25) is 0 Å². The lowest BCUT2D eigenvalue weighted by Crippen LogP contribution is -2.05. The van der Waals surface area contributed by atoms with Crippen LogP contribution in [0, 0.1) is 45.3 Å². The highest BCUT2D eigenvalue weighted by atomic mass is 15.0. The van der Waals surface area contributed by atoms with Gasteiger partial charge in [-0.05, 0) is 113 Å². The number of nitriles is 4. The smallest absolute Gasteiger partial charge is 0.0993 e. The van der Waals surface area contributed by atoms with Gasteiger partial charge >= 0.3 is 0 Å². The molecule has 0 bridgehead atoms. The Morgan fingerprint density at radius 2 is 0.724 bits per heavy atom. The minimum absolute atomic E-state index is 0.491. The summed E-state index contributed by atoms with van der Waals surface area (Å²) < 4.78 is 4.48. The molecule has 0 unspecified atom stereocenters. The summed E-state index contributed by atoms with van der Waals surface area (Å²) >= 11 is 0. The number of hydrogen-bond donors (Lipinski definition) is 0. The largest absolute Gasteiger partial charge is 0.308 e. The van der Waals surface area contributed by atoms with E-state index in [-0.39, 0.29) is 0 Å². The molecule has 0 amide bonds. The topological polar surface area (TPSA) is 105 Å². The van der Waals surface area contributed by atoms with E-state index >= 15 is 0 Å². The molecule has 8 aromatic carbocycles. The van der Waals surface area contributed by atoms with Crippen molar-refractivity contribution in [2.45, 2.75) is 0 Å². The van der Waals surface area contributed by atoms with Crippen LogP contribution in [0.1, 0.15) is 22.3 Å². The van der Waals surface area contributed by atoms with Gasteiger partial charge in [-0.2, -0.15) is 21.0 Å². The third kappa shape index (κ3) is 5.38. The van der Waals surface area contributed by atoms with Crippen LogP contribution < -0.4 is 0 Å². The third-order valence-corrected chi connectivity index (χ3v) is 11.0. The van der Waals surface area contributed by atoms with Gasteiger partial charge in [-0.3, -0.25) is 0 Å². The van der Waals surface area contributed by atoms with Crippen molar-refractivity contribution in [3.8, 4) is 69.0 Å². The normalized spacial score (nSPS) is 11.0. The van der Waals surface area contributed by atoms with E-state index in [0.29, 0.717) is 22.3 Å². The summed E-state index contributed by atoms with van der Waals surface area (Å²) in [5, 5.41) is 43.8. The minimum Gasteiger partial charge on any atom is -0.308 e. The van der Waals surface area contributed by atoms with Crippen molar-refractivity contribution in [1.82, 2.24) is 9.13 Å². The summed E-state index contributed by atoms with van der Waals surface area (Å²) in [6.07, 6.45) is 0. The van der Waals surface area contributed by atoms with E-state index in [2.05, 4.69) is 94.1 Å². The van der Waals surface area contributed by atoms with Gasteiger partial charge in [0.1, 0.15) is 0 Å². The van der Waals surface area contributed by atoms with Crippen molar-refractivity contribution >= 4 is 43.6 Å². The Hall–Kier alpha value is -8.68. The molecule has 2 heterocycles. The molecule has 10 rings (SSSR count). The summed E-state index contributed by atoms with van der Waals surface area (Å²) in [6.45, 7) is 0. The molecule has 0 fully saturated rings. The van der Waals surface area contributed by atoms with E-state index < -0.39 is 0 Å². The molecule has 10 aromatic rings. The van der Waals surface area contributed by atoms with Gasteiger partial charge in [0.2, 0.25) is 0 Å². The molecule has 0 spiro atoms. The van der Waals surface area contributed by atoms with E-state index in [1.54, 1.807) is 0 Å². The SMILES string of the molecule is N#Cc1ccc(-c2ccc3c(c2)c2ccccc2n3-c2cc(C#N)cc(-n3c4ccccc4c4cc(-c5ccc(C#N)cc5)ccc43)c2-c2cccc(C#N)c2)cc1. The molecular formula is C52H28N6. The summed E-state index contributed by atoms with van der Waals surface area (Å²) in [6, 6.07) is 65.5. The highest BCUT2D eigenvalue weighted by Crippen LogP contribution is 2.44. The molecule has 58 heavy (non-hydrogen) atoms. The maximum absolute atomic E-state index is 10.7. The minimum atomic E-state index is 0.491. The Balaban J connectivity index is 1.30. The summed E-state index contributed by atoms with van der Waals surface area (Å²) in [4.78, 5) is 0. The fourth-order valence-corrected chi connectivity index (χ4v) is 8.37. The third-order valence-electron chi connectivity index (χ3n) is 11.0. The predicted molar refractivity (Wildman–Crippen MR) is 230 cm³/mol. The van der Waals surface area contributed by atoms with Gasteiger partial charge < -0.3 is 9.13 Å². The van der Waals surface area contributed by atoms with E-state index in [9.17, 15) is 21.0 Å². The van der Waals surface area contributed by atoms with Gasteiger partial charge in [0, 0.05) is 27.1 Å². The highest BCUT2D eigenvalue weighted by molar-refractivity contribution is 6.13. The van der Waals surface area contributed by atoms with Crippen LogP contribution in [-0.4, -0.2) is 9.13 Å². The van der Waals surface area contributed by atoms with Crippen molar-refractivity contribution in [2.75, 3.05) is 0 Å². The van der Waals surface area contributed by atoms with Crippen LogP contribution in [-0.2, 0) is 0 Å². The fraction of sp³-hybridized carbons (Fsp3) is 0. The lowest BCUT2D eigenvalue weighted by Gasteiger charge is -2.21. The quantitative estimate of drug-likeness (QED) is 0.175. The Morgan fingerprint density at radius 1 is 0.293 bits per heavy atom. The monoisotopic (exact) mass is 736 g/mol. The van der Waals surface area contributed by atoms with E-state index in [1.165, 1.54) is 0 Å². The maximum Gasteiger partial charge on any atom is 0.0993 e. The number of benzene rings is 8. The first-order valence-corrected chi connectivity index (χ1v) is 18.7. The van der Waals surface area contributed by atoms with Crippen LogP contribution >= 0.6 is 0 Å². The van der Waals surface area contributed by atoms with Crippen molar-refractivity contribution in [2.24, 2.45) is 0 Å². The second kappa shape index (κ2) is 13.6.